The zero-order chi connectivity index (χ0) is 10.8. The highest BCUT2D eigenvalue weighted by molar-refractivity contribution is 6.81. The summed E-state index contributed by atoms with van der Waals surface area (Å²) in [5, 5.41) is 0. The normalized spacial score (nSPS) is 27.9. The molecule has 0 bridgehead atoms. The molecule has 2 heteroatoms. The third kappa shape index (κ3) is 1.95. The summed E-state index contributed by atoms with van der Waals surface area (Å²) in [4.78, 5) is 4.73. The summed E-state index contributed by atoms with van der Waals surface area (Å²) in [6, 6.07) is 4.94. The maximum absolute atomic E-state index is 4.73. The highest BCUT2D eigenvalue weighted by atomic mass is 28.3. The van der Waals surface area contributed by atoms with Crippen molar-refractivity contribution < 1.29 is 0 Å². The minimum atomic E-state index is -1.00. The van der Waals surface area contributed by atoms with Crippen molar-refractivity contribution in [1.29, 1.82) is 0 Å². The largest absolute Gasteiger partial charge is 0.291 e. The Labute approximate surface area is 90.0 Å². The van der Waals surface area contributed by atoms with Gasteiger partial charge in [-0.3, -0.25) is 4.99 Å². The zero-order valence-corrected chi connectivity index (χ0v) is 11.4. The second kappa shape index (κ2) is 4.60. The van der Waals surface area contributed by atoms with E-state index in [1.807, 2.05) is 0 Å². The molecule has 1 heterocycles. The lowest BCUT2D eigenvalue weighted by Crippen LogP contribution is -2.40. The summed E-state index contributed by atoms with van der Waals surface area (Å²) in [5.74, 6) is 0. The van der Waals surface area contributed by atoms with Crippen molar-refractivity contribution in [2.75, 3.05) is 0 Å². The van der Waals surface area contributed by atoms with Gasteiger partial charge in [-0.05, 0) is 25.8 Å². The molecule has 2 atom stereocenters. The fraction of sp³-hybridized carbons (Fsp3) is 0.917. The van der Waals surface area contributed by atoms with Gasteiger partial charge in [-0.15, -0.1) is 0 Å². The molecule has 1 nitrogen and oxygen atoms in total. The summed E-state index contributed by atoms with van der Waals surface area (Å²) in [7, 11) is -1.00. The van der Waals surface area contributed by atoms with Crippen molar-refractivity contribution in [2.45, 2.75) is 70.8 Å². The minimum Gasteiger partial charge on any atom is -0.291 e. The topological polar surface area (TPSA) is 12.4 Å². The third-order valence-electron chi connectivity index (χ3n) is 4.42. The SMILES string of the molecule is CC[Si](CC)(CC)[C@H]1CC(C)=N[C@@H]1C. The van der Waals surface area contributed by atoms with Gasteiger partial charge in [-0.1, -0.05) is 38.9 Å². The lowest BCUT2D eigenvalue weighted by Gasteiger charge is -2.36. The Morgan fingerprint density at radius 2 is 1.71 bits per heavy atom. The van der Waals surface area contributed by atoms with Gasteiger partial charge in [-0.2, -0.15) is 0 Å². The van der Waals surface area contributed by atoms with E-state index in [4.69, 9.17) is 4.99 Å². The Bertz CT molecular complexity index is 210. The van der Waals surface area contributed by atoms with E-state index in [-0.39, 0.29) is 0 Å². The number of hydrogen-bond donors (Lipinski definition) is 0. The predicted octanol–water partition coefficient (Wildman–Crippen LogP) is 4.12. The highest BCUT2D eigenvalue weighted by Gasteiger charge is 2.41. The van der Waals surface area contributed by atoms with Crippen LogP contribution in [-0.4, -0.2) is 19.8 Å². The van der Waals surface area contributed by atoms with E-state index in [0.29, 0.717) is 6.04 Å². The van der Waals surface area contributed by atoms with Crippen LogP contribution in [0.1, 0.15) is 41.0 Å². The van der Waals surface area contributed by atoms with Crippen LogP contribution < -0.4 is 0 Å². The fourth-order valence-corrected chi connectivity index (χ4v) is 8.14. The van der Waals surface area contributed by atoms with Gasteiger partial charge in [0.25, 0.3) is 0 Å². The van der Waals surface area contributed by atoms with Gasteiger partial charge >= 0.3 is 0 Å². The van der Waals surface area contributed by atoms with E-state index < -0.39 is 8.07 Å². The van der Waals surface area contributed by atoms with Crippen LogP contribution in [0.25, 0.3) is 0 Å². The molecule has 0 aliphatic carbocycles. The zero-order valence-electron chi connectivity index (χ0n) is 10.4. The van der Waals surface area contributed by atoms with E-state index in [2.05, 4.69) is 34.6 Å². The van der Waals surface area contributed by atoms with Gasteiger partial charge in [-0.25, -0.2) is 0 Å². The molecule has 1 aliphatic rings. The molecule has 0 saturated carbocycles. The fourth-order valence-electron chi connectivity index (χ4n) is 3.24. The van der Waals surface area contributed by atoms with Crippen LogP contribution in [0, 0.1) is 0 Å². The van der Waals surface area contributed by atoms with E-state index in [0.717, 1.165) is 5.54 Å². The average Bonchev–Trinajstić information content (AvgIpc) is 2.51. The van der Waals surface area contributed by atoms with E-state index >= 15 is 0 Å². The molecule has 0 aromatic carbocycles. The van der Waals surface area contributed by atoms with E-state index in [9.17, 15) is 0 Å². The first-order chi connectivity index (χ1) is 6.59. The van der Waals surface area contributed by atoms with Crippen molar-refractivity contribution in [2.24, 2.45) is 4.99 Å². The van der Waals surface area contributed by atoms with Crippen molar-refractivity contribution in [3.8, 4) is 0 Å². The highest BCUT2D eigenvalue weighted by Crippen LogP contribution is 2.42. The maximum Gasteiger partial charge on any atom is 0.0586 e. The molecule has 0 fully saturated rings. The van der Waals surface area contributed by atoms with Gasteiger partial charge in [0.15, 0.2) is 0 Å². The molecule has 0 spiro atoms. The standard InChI is InChI=1S/C12H25NSi/c1-6-14(7-2,8-3)12-9-10(4)13-11(12)5/h11-12H,6-9H2,1-5H3/t11-,12+/m1/s1. The third-order valence-corrected chi connectivity index (χ3v) is 10.9. The average molecular weight is 211 g/mol. The van der Waals surface area contributed by atoms with Crippen LogP contribution in [0.2, 0.25) is 23.7 Å². The number of aliphatic imine (C=N–C) groups is 1. The van der Waals surface area contributed by atoms with Gasteiger partial charge < -0.3 is 0 Å². The lowest BCUT2D eigenvalue weighted by molar-refractivity contribution is 0.697. The van der Waals surface area contributed by atoms with Crippen LogP contribution in [0.4, 0.5) is 0 Å². The lowest BCUT2D eigenvalue weighted by atomic mass is 10.2. The molecule has 0 amide bonds. The first kappa shape index (κ1) is 12.0. The van der Waals surface area contributed by atoms with Crippen LogP contribution in [-0.2, 0) is 0 Å². The van der Waals surface area contributed by atoms with Crippen molar-refractivity contribution in [3.63, 3.8) is 0 Å². The second-order valence-electron chi connectivity index (χ2n) is 4.84. The van der Waals surface area contributed by atoms with Gasteiger partial charge in [0.05, 0.1) is 8.07 Å². The van der Waals surface area contributed by atoms with Crippen LogP contribution in [0.5, 0.6) is 0 Å². The summed E-state index contributed by atoms with van der Waals surface area (Å²) in [6.45, 7) is 11.7. The van der Waals surface area contributed by atoms with Crippen molar-refractivity contribution >= 4 is 13.8 Å². The van der Waals surface area contributed by atoms with E-state index in [1.54, 1.807) is 0 Å². The second-order valence-corrected chi connectivity index (χ2v) is 10.4. The van der Waals surface area contributed by atoms with Crippen molar-refractivity contribution in [3.05, 3.63) is 0 Å². The van der Waals surface area contributed by atoms with Gasteiger partial charge in [0, 0.05) is 11.8 Å². The Morgan fingerprint density at radius 1 is 1.21 bits per heavy atom. The Balaban J connectivity index is 2.81. The van der Waals surface area contributed by atoms with Gasteiger partial charge in [0.1, 0.15) is 0 Å². The first-order valence-corrected chi connectivity index (χ1v) is 8.82. The molecule has 0 radical (unpaired) electrons. The molecule has 0 saturated heterocycles. The maximum atomic E-state index is 4.73. The Hall–Kier alpha value is -0.113. The quantitative estimate of drug-likeness (QED) is 0.620. The summed E-state index contributed by atoms with van der Waals surface area (Å²) >= 11 is 0. The van der Waals surface area contributed by atoms with Crippen LogP contribution in [0.3, 0.4) is 0 Å². The molecule has 82 valence electrons. The molecular weight excluding hydrogens is 186 g/mol. The molecule has 0 aromatic heterocycles. The predicted molar refractivity (Wildman–Crippen MR) is 68.1 cm³/mol. The Morgan fingerprint density at radius 3 is 2.00 bits per heavy atom. The molecular formula is C12H25NSi. The summed E-state index contributed by atoms with van der Waals surface area (Å²) in [6.07, 6.45) is 1.29. The van der Waals surface area contributed by atoms with E-state index in [1.165, 1.54) is 30.3 Å². The summed E-state index contributed by atoms with van der Waals surface area (Å²) < 4.78 is 0. The van der Waals surface area contributed by atoms with Crippen LogP contribution >= 0.6 is 0 Å². The molecule has 0 unspecified atom stereocenters. The monoisotopic (exact) mass is 211 g/mol. The minimum absolute atomic E-state index is 0.613. The molecule has 0 N–H and O–H groups in total. The van der Waals surface area contributed by atoms with Gasteiger partial charge in [0.2, 0.25) is 0 Å². The first-order valence-electron chi connectivity index (χ1n) is 6.12. The number of nitrogens with zero attached hydrogens (tertiary/aromatic N) is 1. The molecule has 1 rings (SSSR count). The van der Waals surface area contributed by atoms with Crippen molar-refractivity contribution in [1.82, 2.24) is 0 Å². The Kier molecular flexibility index (Phi) is 3.93. The summed E-state index contributed by atoms with van der Waals surface area (Å²) in [5.41, 5.74) is 2.33. The number of rotatable bonds is 4. The van der Waals surface area contributed by atoms with Crippen LogP contribution in [0.15, 0.2) is 4.99 Å². The molecule has 0 aromatic rings. The number of hydrogen-bond acceptors (Lipinski definition) is 1. The molecule has 14 heavy (non-hydrogen) atoms. The molecule has 1 aliphatic heterocycles. The smallest absolute Gasteiger partial charge is 0.0586 e.